The van der Waals surface area contributed by atoms with E-state index >= 15 is 0 Å². The minimum atomic E-state index is 0.0455. The highest BCUT2D eigenvalue weighted by atomic mass is 16.5. The maximum absolute atomic E-state index is 9.10. The molecule has 0 amide bonds. The molecule has 0 atom stereocenters. The Morgan fingerprint density at radius 3 is 2.48 bits per heavy atom. The Bertz CT molecular complexity index is 987. The van der Waals surface area contributed by atoms with Gasteiger partial charge in [-0.2, -0.15) is 14.9 Å². The minimum absolute atomic E-state index is 0.0455. The van der Waals surface area contributed by atoms with Crippen molar-refractivity contribution in [1.29, 1.82) is 5.26 Å². The van der Waals surface area contributed by atoms with Gasteiger partial charge in [0.1, 0.15) is 6.07 Å². The SMILES string of the molecule is COc1ccc(-c2c(C(C)C)nn3c(N)c(C#N)nnc23)cc1OC. The number of fused-ring (bicyclic) bond motifs is 1. The first kappa shape index (κ1) is 16.5. The van der Waals surface area contributed by atoms with Gasteiger partial charge in [-0.3, -0.25) is 0 Å². The summed E-state index contributed by atoms with van der Waals surface area (Å²) in [6.45, 7) is 4.06. The number of hydrogen-bond acceptors (Lipinski definition) is 7. The first-order valence-corrected chi connectivity index (χ1v) is 7.69. The van der Waals surface area contributed by atoms with Crippen LogP contribution in [0, 0.1) is 11.3 Å². The highest BCUT2D eigenvalue weighted by molar-refractivity contribution is 5.82. The van der Waals surface area contributed by atoms with Gasteiger partial charge in [0.05, 0.1) is 25.5 Å². The van der Waals surface area contributed by atoms with E-state index in [0.717, 1.165) is 16.8 Å². The molecule has 0 fully saturated rings. The van der Waals surface area contributed by atoms with Crippen LogP contribution in [0.3, 0.4) is 0 Å². The van der Waals surface area contributed by atoms with E-state index in [1.807, 2.05) is 38.1 Å². The number of methoxy groups -OCH3 is 2. The van der Waals surface area contributed by atoms with Gasteiger partial charge in [-0.05, 0) is 23.6 Å². The van der Waals surface area contributed by atoms with E-state index in [1.165, 1.54) is 4.52 Å². The van der Waals surface area contributed by atoms with Crippen LogP contribution < -0.4 is 15.2 Å². The Labute approximate surface area is 144 Å². The van der Waals surface area contributed by atoms with Gasteiger partial charge in [0, 0.05) is 0 Å². The molecule has 0 saturated carbocycles. The molecule has 0 aliphatic heterocycles. The number of aromatic nitrogens is 4. The molecule has 2 heterocycles. The van der Waals surface area contributed by atoms with Crippen molar-refractivity contribution >= 4 is 11.5 Å². The Morgan fingerprint density at radius 2 is 1.88 bits per heavy atom. The van der Waals surface area contributed by atoms with Crippen molar-refractivity contribution in [2.24, 2.45) is 0 Å². The second kappa shape index (κ2) is 6.28. The Balaban J connectivity index is 2.33. The second-order valence-corrected chi connectivity index (χ2v) is 5.77. The Kier molecular flexibility index (Phi) is 4.15. The lowest BCUT2D eigenvalue weighted by Gasteiger charge is -2.10. The number of nitrogen functional groups attached to an aromatic ring is 1. The molecule has 8 nitrogen and oxygen atoms in total. The van der Waals surface area contributed by atoms with Crippen molar-refractivity contribution in [3.05, 3.63) is 29.6 Å². The lowest BCUT2D eigenvalue weighted by atomic mass is 9.99. The molecule has 25 heavy (non-hydrogen) atoms. The third kappa shape index (κ3) is 2.59. The molecule has 0 spiro atoms. The normalized spacial score (nSPS) is 10.9. The van der Waals surface area contributed by atoms with E-state index in [1.54, 1.807) is 14.2 Å². The summed E-state index contributed by atoms with van der Waals surface area (Å²) in [5, 5.41) is 21.7. The van der Waals surface area contributed by atoms with E-state index < -0.39 is 0 Å². The van der Waals surface area contributed by atoms with E-state index in [4.69, 9.17) is 20.5 Å². The molecule has 0 radical (unpaired) electrons. The zero-order valence-electron chi connectivity index (χ0n) is 14.4. The van der Waals surface area contributed by atoms with Gasteiger partial charge in [0.15, 0.2) is 23.0 Å². The summed E-state index contributed by atoms with van der Waals surface area (Å²) in [7, 11) is 3.17. The number of ether oxygens (including phenoxy) is 2. The van der Waals surface area contributed by atoms with Crippen molar-refractivity contribution in [2.45, 2.75) is 19.8 Å². The average molecular weight is 338 g/mol. The van der Waals surface area contributed by atoms with Gasteiger partial charge >= 0.3 is 0 Å². The Hall–Kier alpha value is -3.34. The van der Waals surface area contributed by atoms with E-state index in [9.17, 15) is 0 Å². The fourth-order valence-electron chi connectivity index (χ4n) is 2.69. The van der Waals surface area contributed by atoms with Gasteiger partial charge < -0.3 is 15.2 Å². The molecule has 0 bridgehead atoms. The summed E-state index contributed by atoms with van der Waals surface area (Å²) in [6, 6.07) is 7.51. The monoisotopic (exact) mass is 338 g/mol. The quantitative estimate of drug-likeness (QED) is 0.777. The van der Waals surface area contributed by atoms with Gasteiger partial charge in [-0.1, -0.05) is 19.9 Å². The van der Waals surface area contributed by atoms with Crippen LogP contribution in [-0.4, -0.2) is 34.0 Å². The smallest absolute Gasteiger partial charge is 0.205 e. The van der Waals surface area contributed by atoms with Crippen LogP contribution in [0.25, 0.3) is 16.8 Å². The lowest BCUT2D eigenvalue weighted by molar-refractivity contribution is 0.355. The fraction of sp³-hybridized carbons (Fsp3) is 0.294. The number of rotatable bonds is 4. The predicted octanol–water partition coefficient (Wildman–Crippen LogP) is 2.39. The topological polar surface area (TPSA) is 111 Å². The van der Waals surface area contributed by atoms with Gasteiger partial charge in [0.2, 0.25) is 5.69 Å². The summed E-state index contributed by atoms with van der Waals surface area (Å²) >= 11 is 0. The molecular weight excluding hydrogens is 320 g/mol. The third-order valence-electron chi connectivity index (χ3n) is 3.93. The van der Waals surface area contributed by atoms with Crippen LogP contribution in [0.5, 0.6) is 11.5 Å². The van der Waals surface area contributed by atoms with Gasteiger partial charge in [-0.15, -0.1) is 10.2 Å². The molecule has 2 aromatic heterocycles. The number of benzene rings is 1. The van der Waals surface area contributed by atoms with Crippen LogP contribution in [0.1, 0.15) is 31.2 Å². The molecule has 3 rings (SSSR count). The van der Waals surface area contributed by atoms with Crippen molar-refractivity contribution in [2.75, 3.05) is 20.0 Å². The van der Waals surface area contributed by atoms with Crippen molar-refractivity contribution in [3.63, 3.8) is 0 Å². The summed E-state index contributed by atoms with van der Waals surface area (Å²) in [5.74, 6) is 1.52. The molecule has 3 aromatic rings. The molecule has 0 saturated heterocycles. The number of hydrogen-bond donors (Lipinski definition) is 1. The minimum Gasteiger partial charge on any atom is -0.493 e. The number of nitrogens with two attached hydrogens (primary N) is 1. The fourth-order valence-corrected chi connectivity index (χ4v) is 2.69. The van der Waals surface area contributed by atoms with Crippen molar-refractivity contribution < 1.29 is 9.47 Å². The third-order valence-corrected chi connectivity index (χ3v) is 3.93. The highest BCUT2D eigenvalue weighted by Gasteiger charge is 2.22. The molecule has 1 aromatic carbocycles. The zero-order valence-corrected chi connectivity index (χ0v) is 14.4. The average Bonchev–Trinajstić information content (AvgIpc) is 3.02. The molecule has 0 aliphatic carbocycles. The number of nitrogens with zero attached hydrogens (tertiary/aromatic N) is 5. The second-order valence-electron chi connectivity index (χ2n) is 5.77. The van der Waals surface area contributed by atoms with Crippen LogP contribution in [0.15, 0.2) is 18.2 Å². The summed E-state index contributed by atoms with van der Waals surface area (Å²) < 4.78 is 12.2. The van der Waals surface area contributed by atoms with Crippen molar-refractivity contribution in [1.82, 2.24) is 19.8 Å². The van der Waals surface area contributed by atoms with Crippen LogP contribution in [0.2, 0.25) is 0 Å². The zero-order chi connectivity index (χ0) is 18.1. The molecule has 0 unspecified atom stereocenters. The number of nitriles is 1. The maximum Gasteiger partial charge on any atom is 0.205 e. The van der Waals surface area contributed by atoms with Crippen LogP contribution in [-0.2, 0) is 0 Å². The molecular formula is C17H18N6O2. The lowest BCUT2D eigenvalue weighted by Crippen LogP contribution is -2.06. The van der Waals surface area contributed by atoms with E-state index in [-0.39, 0.29) is 17.4 Å². The molecule has 0 aliphatic rings. The summed E-state index contributed by atoms with van der Waals surface area (Å²) in [5.41, 5.74) is 9.03. The molecule has 2 N–H and O–H groups in total. The summed E-state index contributed by atoms with van der Waals surface area (Å²) in [4.78, 5) is 0. The van der Waals surface area contributed by atoms with Crippen LogP contribution in [0.4, 0.5) is 5.82 Å². The first-order valence-electron chi connectivity index (χ1n) is 7.69. The Morgan fingerprint density at radius 1 is 1.16 bits per heavy atom. The highest BCUT2D eigenvalue weighted by Crippen LogP contribution is 2.37. The van der Waals surface area contributed by atoms with Crippen molar-refractivity contribution in [3.8, 4) is 28.7 Å². The number of anilines is 1. The van der Waals surface area contributed by atoms with E-state index in [2.05, 4.69) is 15.3 Å². The molecule has 8 heteroatoms. The largest absolute Gasteiger partial charge is 0.493 e. The molecule has 128 valence electrons. The standard InChI is InChI=1S/C17H18N6O2/c1-9(2)15-14(10-5-6-12(24-3)13(7-10)25-4)17-21-20-11(8-18)16(19)23(17)22-15/h5-7,9H,19H2,1-4H3. The summed E-state index contributed by atoms with van der Waals surface area (Å²) in [6.07, 6.45) is 0. The first-order chi connectivity index (χ1) is 12.0. The van der Waals surface area contributed by atoms with Gasteiger partial charge in [-0.25, -0.2) is 0 Å². The van der Waals surface area contributed by atoms with Gasteiger partial charge in [0.25, 0.3) is 0 Å². The maximum atomic E-state index is 9.10. The predicted molar refractivity (Wildman–Crippen MR) is 92.5 cm³/mol. The van der Waals surface area contributed by atoms with Crippen LogP contribution >= 0.6 is 0 Å². The van der Waals surface area contributed by atoms with E-state index in [0.29, 0.717) is 17.1 Å².